The smallest absolute Gasteiger partial charge is 0.154 e. The van der Waals surface area contributed by atoms with Gasteiger partial charge in [0.1, 0.15) is 5.92 Å². The number of hydrogen-bond donors (Lipinski definition) is 0. The molecule has 2 nitrogen and oxygen atoms in total. The molecule has 1 unspecified atom stereocenters. The summed E-state index contributed by atoms with van der Waals surface area (Å²) in [6.45, 7) is 1.93. The highest BCUT2D eigenvalue weighted by molar-refractivity contribution is 5.88. The van der Waals surface area contributed by atoms with Gasteiger partial charge in [0.25, 0.3) is 0 Å². The van der Waals surface area contributed by atoms with Crippen LogP contribution in [-0.4, -0.2) is 5.78 Å². The average Bonchev–Trinajstić information content (AvgIpc) is 2.49. The van der Waals surface area contributed by atoms with E-state index in [0.29, 0.717) is 12.8 Å². The Bertz CT molecular complexity index is 625. The van der Waals surface area contributed by atoms with Crippen molar-refractivity contribution in [2.45, 2.75) is 25.7 Å². The van der Waals surface area contributed by atoms with Crippen molar-refractivity contribution in [2.75, 3.05) is 0 Å². The Kier molecular flexibility index (Phi) is 4.68. The Morgan fingerprint density at radius 3 is 2.40 bits per heavy atom. The third-order valence-electron chi connectivity index (χ3n) is 3.45. The van der Waals surface area contributed by atoms with Crippen LogP contribution < -0.4 is 0 Å². The monoisotopic (exact) mass is 263 g/mol. The third-order valence-corrected chi connectivity index (χ3v) is 3.45. The molecule has 2 rings (SSSR count). The maximum atomic E-state index is 12.3. The molecule has 2 aromatic carbocycles. The fraction of sp³-hybridized carbons (Fsp3) is 0.222. The van der Waals surface area contributed by atoms with Gasteiger partial charge in [-0.05, 0) is 30.0 Å². The number of rotatable bonds is 5. The molecule has 0 amide bonds. The maximum absolute atomic E-state index is 12.3. The zero-order valence-electron chi connectivity index (χ0n) is 11.5. The normalized spacial score (nSPS) is 11.6. The highest BCUT2D eigenvalue weighted by Crippen LogP contribution is 2.22. The standard InChI is InChI=1S/C18H17NO/c1-14-7-5-6-10-16(14)17(13-19)18(20)12-11-15-8-3-2-4-9-15/h2-10,17H,11-12H2,1H3. The van der Waals surface area contributed by atoms with Gasteiger partial charge in [-0.25, -0.2) is 0 Å². The number of aryl methyl sites for hydroxylation is 2. The van der Waals surface area contributed by atoms with Crippen LogP contribution in [0.25, 0.3) is 0 Å². The molecule has 0 aromatic heterocycles. The Hall–Kier alpha value is -2.40. The summed E-state index contributed by atoms with van der Waals surface area (Å²) in [6, 6.07) is 19.6. The summed E-state index contributed by atoms with van der Waals surface area (Å²) in [6.07, 6.45) is 1.08. The van der Waals surface area contributed by atoms with Crippen LogP contribution >= 0.6 is 0 Å². The Morgan fingerprint density at radius 1 is 1.10 bits per heavy atom. The van der Waals surface area contributed by atoms with E-state index in [1.165, 1.54) is 0 Å². The van der Waals surface area contributed by atoms with E-state index >= 15 is 0 Å². The van der Waals surface area contributed by atoms with Gasteiger partial charge in [-0.15, -0.1) is 0 Å². The Labute approximate surface area is 119 Å². The molecule has 20 heavy (non-hydrogen) atoms. The minimum absolute atomic E-state index is 0.00865. The number of carbonyl (C=O) groups is 1. The van der Waals surface area contributed by atoms with Gasteiger partial charge < -0.3 is 0 Å². The van der Waals surface area contributed by atoms with Gasteiger partial charge in [0, 0.05) is 6.42 Å². The lowest BCUT2D eigenvalue weighted by Gasteiger charge is -2.11. The minimum Gasteiger partial charge on any atom is -0.298 e. The predicted molar refractivity (Wildman–Crippen MR) is 79.3 cm³/mol. The largest absolute Gasteiger partial charge is 0.298 e. The van der Waals surface area contributed by atoms with E-state index in [4.69, 9.17) is 0 Å². The van der Waals surface area contributed by atoms with Crippen molar-refractivity contribution < 1.29 is 4.79 Å². The van der Waals surface area contributed by atoms with Crippen LogP contribution in [0.15, 0.2) is 54.6 Å². The van der Waals surface area contributed by atoms with Crippen molar-refractivity contribution >= 4 is 5.78 Å². The predicted octanol–water partition coefficient (Wildman–Crippen LogP) is 3.80. The van der Waals surface area contributed by atoms with Gasteiger partial charge in [0.15, 0.2) is 5.78 Å². The average molecular weight is 263 g/mol. The molecule has 0 bridgehead atoms. The second kappa shape index (κ2) is 6.68. The molecular weight excluding hydrogens is 246 g/mol. The third kappa shape index (κ3) is 3.33. The second-order valence-corrected chi connectivity index (χ2v) is 4.87. The molecule has 0 spiro atoms. The van der Waals surface area contributed by atoms with Crippen molar-refractivity contribution in [1.29, 1.82) is 5.26 Å². The van der Waals surface area contributed by atoms with Crippen LogP contribution in [-0.2, 0) is 11.2 Å². The topological polar surface area (TPSA) is 40.9 Å². The molecule has 2 aromatic rings. The fourth-order valence-corrected chi connectivity index (χ4v) is 2.28. The van der Waals surface area contributed by atoms with Crippen LogP contribution in [0.1, 0.15) is 29.0 Å². The van der Waals surface area contributed by atoms with Crippen molar-refractivity contribution in [3.8, 4) is 6.07 Å². The second-order valence-electron chi connectivity index (χ2n) is 4.87. The van der Waals surface area contributed by atoms with Crippen molar-refractivity contribution in [2.24, 2.45) is 0 Å². The lowest BCUT2D eigenvalue weighted by Crippen LogP contribution is -2.12. The van der Waals surface area contributed by atoms with Gasteiger partial charge >= 0.3 is 0 Å². The first kappa shape index (κ1) is 14.0. The van der Waals surface area contributed by atoms with E-state index in [1.54, 1.807) is 0 Å². The Morgan fingerprint density at radius 2 is 1.75 bits per heavy atom. The summed E-state index contributed by atoms with van der Waals surface area (Å²) >= 11 is 0. The number of carbonyl (C=O) groups excluding carboxylic acids is 1. The quantitative estimate of drug-likeness (QED) is 0.823. The van der Waals surface area contributed by atoms with Gasteiger partial charge in [-0.3, -0.25) is 4.79 Å². The molecule has 100 valence electrons. The highest BCUT2D eigenvalue weighted by Gasteiger charge is 2.21. The summed E-state index contributed by atoms with van der Waals surface area (Å²) in [5.41, 5.74) is 2.95. The molecule has 0 heterocycles. The highest BCUT2D eigenvalue weighted by atomic mass is 16.1. The summed E-state index contributed by atoms with van der Waals surface area (Å²) in [7, 11) is 0. The summed E-state index contributed by atoms with van der Waals surface area (Å²) in [5, 5.41) is 9.30. The van der Waals surface area contributed by atoms with E-state index in [1.807, 2.05) is 61.5 Å². The van der Waals surface area contributed by atoms with E-state index < -0.39 is 5.92 Å². The molecule has 0 fully saturated rings. The SMILES string of the molecule is Cc1ccccc1C(C#N)C(=O)CCc1ccccc1. The van der Waals surface area contributed by atoms with E-state index in [-0.39, 0.29) is 5.78 Å². The molecule has 0 aliphatic carbocycles. The number of ketones is 1. The molecule has 0 aliphatic rings. The van der Waals surface area contributed by atoms with Crippen LogP contribution in [0.5, 0.6) is 0 Å². The van der Waals surface area contributed by atoms with Crippen LogP contribution in [0.2, 0.25) is 0 Å². The van der Waals surface area contributed by atoms with Crippen molar-refractivity contribution in [1.82, 2.24) is 0 Å². The van der Waals surface area contributed by atoms with Gasteiger partial charge in [0.2, 0.25) is 0 Å². The van der Waals surface area contributed by atoms with E-state index in [2.05, 4.69) is 6.07 Å². The first-order valence-electron chi connectivity index (χ1n) is 6.74. The Balaban J connectivity index is 2.07. The molecule has 1 atom stereocenters. The van der Waals surface area contributed by atoms with Crippen LogP contribution in [0.3, 0.4) is 0 Å². The number of hydrogen-bond acceptors (Lipinski definition) is 2. The van der Waals surface area contributed by atoms with Crippen molar-refractivity contribution in [3.05, 3.63) is 71.3 Å². The lowest BCUT2D eigenvalue weighted by atomic mass is 9.90. The van der Waals surface area contributed by atoms with Gasteiger partial charge in [0.05, 0.1) is 6.07 Å². The first-order valence-corrected chi connectivity index (χ1v) is 6.74. The zero-order valence-corrected chi connectivity index (χ0v) is 11.5. The lowest BCUT2D eigenvalue weighted by molar-refractivity contribution is -0.119. The molecule has 0 radical (unpaired) electrons. The first-order chi connectivity index (χ1) is 9.72. The van der Waals surface area contributed by atoms with Crippen LogP contribution in [0.4, 0.5) is 0 Å². The molecule has 2 heteroatoms. The molecule has 0 N–H and O–H groups in total. The number of benzene rings is 2. The number of Topliss-reactive ketones (excluding diaryl/α,β-unsaturated/α-hetero) is 1. The van der Waals surface area contributed by atoms with E-state index in [0.717, 1.165) is 16.7 Å². The zero-order chi connectivity index (χ0) is 14.4. The summed E-state index contributed by atoms with van der Waals surface area (Å²) in [4.78, 5) is 12.3. The minimum atomic E-state index is -0.653. The molecule has 0 saturated carbocycles. The number of nitrogens with zero attached hydrogens (tertiary/aromatic N) is 1. The van der Waals surface area contributed by atoms with E-state index in [9.17, 15) is 10.1 Å². The maximum Gasteiger partial charge on any atom is 0.154 e. The molecular formula is C18H17NO. The summed E-state index contributed by atoms with van der Waals surface area (Å²) < 4.78 is 0. The fourth-order valence-electron chi connectivity index (χ4n) is 2.28. The number of nitriles is 1. The molecule has 0 aliphatic heterocycles. The van der Waals surface area contributed by atoms with Gasteiger partial charge in [-0.2, -0.15) is 5.26 Å². The van der Waals surface area contributed by atoms with Crippen molar-refractivity contribution in [3.63, 3.8) is 0 Å². The molecule has 0 saturated heterocycles. The summed E-state index contributed by atoms with van der Waals surface area (Å²) in [5.74, 6) is -0.662. The van der Waals surface area contributed by atoms with Gasteiger partial charge in [-0.1, -0.05) is 54.6 Å². The van der Waals surface area contributed by atoms with Crippen LogP contribution in [0, 0.1) is 18.3 Å².